The van der Waals surface area contributed by atoms with Gasteiger partial charge in [0.05, 0.1) is 0 Å². The second-order valence-corrected chi connectivity index (χ2v) is 7.67. The Morgan fingerprint density at radius 3 is 2.13 bits per heavy atom. The Hall–Kier alpha value is -0.813. The number of alkyl halides is 3. The molecule has 0 saturated heterocycles. The summed E-state index contributed by atoms with van der Waals surface area (Å²) in [6.45, 7) is 2.35. The molecule has 1 aromatic carbocycles. The van der Waals surface area contributed by atoms with Gasteiger partial charge in [-0.15, -0.1) is 0 Å². The maximum absolute atomic E-state index is 12.0. The zero-order chi connectivity index (χ0) is 11.5. The first-order valence-electron chi connectivity index (χ1n) is 4.57. The van der Waals surface area contributed by atoms with E-state index in [0.717, 1.165) is 5.19 Å². The molecule has 1 nitrogen and oxygen atoms in total. The Morgan fingerprint density at radius 2 is 1.67 bits per heavy atom. The van der Waals surface area contributed by atoms with Crippen LogP contribution < -0.4 is 5.19 Å². The predicted octanol–water partition coefficient (Wildman–Crippen LogP) is 2.68. The van der Waals surface area contributed by atoms with Gasteiger partial charge in [-0.25, -0.2) is 0 Å². The monoisotopic (exact) mass is 234 g/mol. The minimum absolute atomic E-state index is 0.870. The normalized spacial score (nSPS) is 12.9. The molecule has 84 valence electrons. The van der Waals surface area contributed by atoms with E-state index in [4.69, 9.17) is 4.43 Å². The van der Waals surface area contributed by atoms with Crippen molar-refractivity contribution in [3.8, 4) is 0 Å². The number of hydrogen-bond acceptors (Lipinski definition) is 1. The van der Waals surface area contributed by atoms with Gasteiger partial charge in [-0.1, -0.05) is 30.3 Å². The Bertz CT molecular complexity index is 308. The highest BCUT2D eigenvalue weighted by atomic mass is 28.4. The summed E-state index contributed by atoms with van der Waals surface area (Å²) in [5.41, 5.74) is 0. The van der Waals surface area contributed by atoms with Crippen LogP contribution in [0.1, 0.15) is 0 Å². The second-order valence-electron chi connectivity index (χ2n) is 3.78. The quantitative estimate of drug-likeness (QED) is 0.731. The maximum atomic E-state index is 12.0. The van der Waals surface area contributed by atoms with E-state index in [1.807, 2.05) is 18.2 Å². The molecule has 5 heteroatoms. The van der Waals surface area contributed by atoms with Gasteiger partial charge in [-0.2, -0.15) is 13.2 Å². The van der Waals surface area contributed by atoms with E-state index in [0.29, 0.717) is 0 Å². The van der Waals surface area contributed by atoms with Crippen molar-refractivity contribution in [3.63, 3.8) is 0 Å². The van der Waals surface area contributed by atoms with Crippen LogP contribution in [0.4, 0.5) is 13.2 Å². The molecule has 1 rings (SSSR count). The molecule has 0 aliphatic heterocycles. The fourth-order valence-corrected chi connectivity index (χ4v) is 2.87. The highest BCUT2D eigenvalue weighted by Gasteiger charge is 2.33. The van der Waals surface area contributed by atoms with E-state index in [1.54, 1.807) is 25.2 Å². The van der Waals surface area contributed by atoms with Crippen molar-refractivity contribution >= 4 is 13.5 Å². The first kappa shape index (κ1) is 12.3. The first-order chi connectivity index (χ1) is 6.81. The number of hydrogen-bond donors (Lipinski definition) is 0. The van der Waals surface area contributed by atoms with Crippen molar-refractivity contribution < 1.29 is 17.6 Å². The van der Waals surface area contributed by atoms with E-state index in [9.17, 15) is 13.2 Å². The lowest BCUT2D eigenvalue weighted by molar-refractivity contribution is -0.155. The number of benzene rings is 1. The van der Waals surface area contributed by atoms with Gasteiger partial charge in [0.2, 0.25) is 8.32 Å². The molecule has 15 heavy (non-hydrogen) atoms. The lowest BCUT2D eigenvalue weighted by Crippen LogP contribution is -2.46. The van der Waals surface area contributed by atoms with E-state index < -0.39 is 21.1 Å². The van der Waals surface area contributed by atoms with Gasteiger partial charge in [-0.05, 0) is 18.3 Å². The molecule has 0 unspecified atom stereocenters. The van der Waals surface area contributed by atoms with Gasteiger partial charge < -0.3 is 4.43 Å². The molecular formula is C10H13F3OSi. The summed E-state index contributed by atoms with van der Waals surface area (Å²) in [5, 5.41) is 0.870. The van der Waals surface area contributed by atoms with Crippen LogP contribution >= 0.6 is 0 Å². The molecule has 0 aliphatic carbocycles. The van der Waals surface area contributed by atoms with Crippen molar-refractivity contribution in [1.29, 1.82) is 0 Å². The molecule has 0 bridgehead atoms. The van der Waals surface area contributed by atoms with Gasteiger partial charge in [0.1, 0.15) is 6.61 Å². The van der Waals surface area contributed by atoms with Crippen molar-refractivity contribution in [1.82, 2.24) is 0 Å². The predicted molar refractivity (Wildman–Crippen MR) is 55.6 cm³/mol. The van der Waals surface area contributed by atoms with Crippen LogP contribution in [0.2, 0.25) is 13.1 Å². The zero-order valence-corrected chi connectivity index (χ0v) is 9.64. The van der Waals surface area contributed by atoms with Crippen LogP contribution in [0, 0.1) is 0 Å². The van der Waals surface area contributed by atoms with Crippen molar-refractivity contribution in [2.45, 2.75) is 19.3 Å². The molecule has 0 spiro atoms. The van der Waals surface area contributed by atoms with E-state index >= 15 is 0 Å². The number of rotatable bonds is 3. The average Bonchev–Trinajstić information content (AvgIpc) is 2.16. The first-order valence-corrected chi connectivity index (χ1v) is 7.48. The van der Waals surface area contributed by atoms with E-state index in [-0.39, 0.29) is 0 Å². The molecule has 0 fully saturated rings. The summed E-state index contributed by atoms with van der Waals surface area (Å²) in [4.78, 5) is 0. The molecule has 0 heterocycles. The summed E-state index contributed by atoms with van der Waals surface area (Å²) in [5.74, 6) is 0. The minimum atomic E-state index is -4.25. The number of halogens is 3. The van der Waals surface area contributed by atoms with Gasteiger partial charge in [-0.3, -0.25) is 0 Å². The molecule has 0 radical (unpaired) electrons. The summed E-state index contributed by atoms with van der Waals surface area (Å²) in [7, 11) is -2.41. The Kier molecular flexibility index (Phi) is 3.57. The second kappa shape index (κ2) is 4.36. The van der Waals surface area contributed by atoms with E-state index in [1.165, 1.54) is 0 Å². The van der Waals surface area contributed by atoms with Crippen LogP contribution in [0.25, 0.3) is 0 Å². The molecule has 0 aromatic heterocycles. The molecule has 0 N–H and O–H groups in total. The van der Waals surface area contributed by atoms with Crippen LogP contribution in [0.3, 0.4) is 0 Å². The third-order valence-corrected chi connectivity index (χ3v) is 4.66. The highest BCUT2D eigenvalue weighted by molar-refractivity contribution is 6.84. The minimum Gasteiger partial charge on any atom is -0.404 e. The highest BCUT2D eigenvalue weighted by Crippen LogP contribution is 2.17. The smallest absolute Gasteiger partial charge is 0.404 e. The fraction of sp³-hybridized carbons (Fsp3) is 0.400. The van der Waals surface area contributed by atoms with Crippen LogP contribution in [0.5, 0.6) is 0 Å². The summed E-state index contributed by atoms with van der Waals surface area (Å²) in [6, 6.07) is 9.06. The van der Waals surface area contributed by atoms with Gasteiger partial charge in [0, 0.05) is 0 Å². The SMILES string of the molecule is C[Si](C)(OCC(F)(F)F)c1ccccc1. The molecule has 0 saturated carbocycles. The van der Waals surface area contributed by atoms with Crippen LogP contribution in [0.15, 0.2) is 30.3 Å². The molecule has 0 amide bonds. The lowest BCUT2D eigenvalue weighted by Gasteiger charge is -2.23. The molecular weight excluding hydrogens is 221 g/mol. The largest absolute Gasteiger partial charge is 0.410 e. The van der Waals surface area contributed by atoms with Crippen LogP contribution in [-0.4, -0.2) is 21.1 Å². The third kappa shape index (κ3) is 4.05. The maximum Gasteiger partial charge on any atom is 0.410 e. The standard InChI is InChI=1S/C10H13F3OSi/c1-15(2,14-8-10(11,12)13)9-6-4-3-5-7-9/h3-7H,8H2,1-2H3. The third-order valence-electron chi connectivity index (χ3n) is 2.07. The van der Waals surface area contributed by atoms with Gasteiger partial charge in [0.15, 0.2) is 0 Å². The molecule has 0 atom stereocenters. The fourth-order valence-electron chi connectivity index (χ4n) is 1.19. The van der Waals surface area contributed by atoms with Gasteiger partial charge in [0.25, 0.3) is 0 Å². The molecule has 1 aromatic rings. The zero-order valence-electron chi connectivity index (χ0n) is 8.64. The van der Waals surface area contributed by atoms with Crippen molar-refractivity contribution in [3.05, 3.63) is 30.3 Å². The summed E-state index contributed by atoms with van der Waals surface area (Å²) < 4.78 is 41.0. The topological polar surface area (TPSA) is 9.23 Å². The summed E-state index contributed by atoms with van der Waals surface area (Å²) in [6.07, 6.45) is -4.25. The molecule has 0 aliphatic rings. The summed E-state index contributed by atoms with van der Waals surface area (Å²) >= 11 is 0. The Balaban J connectivity index is 2.68. The average molecular weight is 234 g/mol. The van der Waals surface area contributed by atoms with Gasteiger partial charge >= 0.3 is 6.18 Å². The Morgan fingerprint density at radius 1 is 1.13 bits per heavy atom. The van der Waals surface area contributed by atoms with E-state index in [2.05, 4.69) is 0 Å². The Labute approximate surface area is 88.0 Å². The van der Waals surface area contributed by atoms with Crippen molar-refractivity contribution in [2.24, 2.45) is 0 Å². The van der Waals surface area contributed by atoms with Crippen LogP contribution in [-0.2, 0) is 4.43 Å². The lowest BCUT2D eigenvalue weighted by atomic mass is 10.4. The van der Waals surface area contributed by atoms with Crippen molar-refractivity contribution in [2.75, 3.05) is 6.61 Å².